The molecule has 0 bridgehead atoms. The third-order valence-electron chi connectivity index (χ3n) is 2.82. The van der Waals surface area contributed by atoms with Crippen LogP contribution in [0.15, 0.2) is 91.0 Å². The third-order valence-corrected chi connectivity index (χ3v) is 2.82. The lowest BCUT2D eigenvalue weighted by Gasteiger charge is -1.98. The maximum Gasteiger partial charge on any atom is -0.0184 e. The molecule has 3 aromatic carbocycles. The van der Waals surface area contributed by atoms with Crippen molar-refractivity contribution in [2.24, 2.45) is 0 Å². The van der Waals surface area contributed by atoms with Crippen LogP contribution in [-0.2, 0) is 0 Å². The molecule has 3 rings (SSSR count). The Labute approximate surface area is 156 Å². The summed E-state index contributed by atoms with van der Waals surface area (Å²) in [4.78, 5) is 0. The van der Waals surface area contributed by atoms with E-state index in [1.807, 2.05) is 71.9 Å². The van der Waals surface area contributed by atoms with Gasteiger partial charge in [0.15, 0.2) is 0 Å². The average molecular weight is 337 g/mol. The van der Waals surface area contributed by atoms with E-state index in [0.29, 0.717) is 0 Å². The van der Waals surface area contributed by atoms with E-state index in [-0.39, 0.29) is 0 Å². The van der Waals surface area contributed by atoms with Crippen LogP contribution in [0.3, 0.4) is 0 Å². The molecule has 0 aliphatic rings. The van der Waals surface area contributed by atoms with Crippen LogP contribution < -0.4 is 0 Å². The molecule has 136 valence electrons. The lowest BCUT2D eigenvalue weighted by Crippen LogP contribution is -1.73. The normalized spacial score (nSPS) is 7.80. The Bertz CT molecular complexity index is 531. The van der Waals surface area contributed by atoms with E-state index < -0.39 is 0 Å². The summed E-state index contributed by atoms with van der Waals surface area (Å²) in [6.45, 7) is 14.1. The Morgan fingerprint density at radius 2 is 0.600 bits per heavy atom. The van der Waals surface area contributed by atoms with Crippen molar-refractivity contribution in [3.8, 4) is 11.1 Å². The monoisotopic (exact) mass is 336 g/mol. The Hall–Kier alpha value is -2.34. The first kappa shape index (κ1) is 24.9. The summed E-state index contributed by atoms with van der Waals surface area (Å²) in [7, 11) is 0. The zero-order valence-electron chi connectivity index (χ0n) is 17.2. The summed E-state index contributed by atoms with van der Waals surface area (Å²) >= 11 is 0. The number of aryl methyl sites for hydroxylation is 1. The van der Waals surface area contributed by atoms with Gasteiger partial charge in [-0.2, -0.15) is 0 Å². The van der Waals surface area contributed by atoms with E-state index >= 15 is 0 Å². The summed E-state index contributed by atoms with van der Waals surface area (Å²) in [5, 5.41) is 0. The van der Waals surface area contributed by atoms with Crippen LogP contribution >= 0.6 is 0 Å². The Balaban J connectivity index is 0. The van der Waals surface area contributed by atoms with Crippen LogP contribution in [0.25, 0.3) is 11.1 Å². The van der Waals surface area contributed by atoms with Gasteiger partial charge in [0.2, 0.25) is 0 Å². The molecule has 0 N–H and O–H groups in total. The summed E-state index contributed by atoms with van der Waals surface area (Å²) < 4.78 is 0. The quantitative estimate of drug-likeness (QED) is 0.418. The summed E-state index contributed by atoms with van der Waals surface area (Å²) in [6.07, 6.45) is 0. The van der Waals surface area contributed by atoms with E-state index in [4.69, 9.17) is 0 Å². The van der Waals surface area contributed by atoms with E-state index in [0.717, 1.165) is 0 Å². The van der Waals surface area contributed by atoms with Crippen molar-refractivity contribution >= 4 is 0 Å². The second-order valence-electron chi connectivity index (χ2n) is 4.39. The van der Waals surface area contributed by atoms with Gasteiger partial charge in [-0.3, -0.25) is 0 Å². The SMILES string of the molecule is CC.CC.CC.Cc1ccccc1.c1ccc(-c2ccccc2)cc1. The highest BCUT2D eigenvalue weighted by molar-refractivity contribution is 5.62. The van der Waals surface area contributed by atoms with Crippen molar-refractivity contribution in [1.29, 1.82) is 0 Å². The number of hydrogen-bond acceptors (Lipinski definition) is 0. The first-order valence-electron chi connectivity index (χ1n) is 9.48. The summed E-state index contributed by atoms with van der Waals surface area (Å²) in [5.74, 6) is 0. The zero-order chi connectivity index (χ0) is 19.3. The van der Waals surface area contributed by atoms with Gasteiger partial charge in [0.05, 0.1) is 0 Å². The van der Waals surface area contributed by atoms with Gasteiger partial charge in [-0.1, -0.05) is 138 Å². The predicted molar refractivity (Wildman–Crippen MR) is 117 cm³/mol. The van der Waals surface area contributed by atoms with Crippen molar-refractivity contribution in [2.45, 2.75) is 48.5 Å². The van der Waals surface area contributed by atoms with E-state index in [2.05, 4.69) is 67.6 Å². The molecular weight excluding hydrogens is 300 g/mol. The largest absolute Gasteiger partial charge is 0.0683 e. The highest BCUT2D eigenvalue weighted by Gasteiger charge is 1.91. The minimum atomic E-state index is 1.28. The molecule has 0 aliphatic heterocycles. The maximum atomic E-state index is 2.12. The molecule has 0 fully saturated rings. The van der Waals surface area contributed by atoms with Crippen molar-refractivity contribution in [3.63, 3.8) is 0 Å². The Kier molecular flexibility index (Phi) is 19.6. The number of rotatable bonds is 1. The molecule has 0 saturated carbocycles. The molecule has 0 spiro atoms. The highest BCUT2D eigenvalue weighted by Crippen LogP contribution is 2.17. The van der Waals surface area contributed by atoms with Gasteiger partial charge in [-0.15, -0.1) is 0 Å². The first-order valence-corrected chi connectivity index (χ1v) is 9.48. The lowest BCUT2D eigenvalue weighted by atomic mass is 10.1. The fraction of sp³-hybridized carbons (Fsp3) is 0.280. The molecule has 0 heterocycles. The molecule has 0 radical (unpaired) electrons. The maximum absolute atomic E-state index is 2.12. The molecule has 0 aromatic heterocycles. The standard InChI is InChI=1S/C12H10.C7H8.3C2H6/c1-3-7-11(8-4-1)12-9-5-2-6-10-12;1-7-5-3-2-4-6-7;3*1-2/h1-10H;2-6H,1H3;3*1-2H3. The van der Waals surface area contributed by atoms with Crippen molar-refractivity contribution in [3.05, 3.63) is 96.6 Å². The van der Waals surface area contributed by atoms with Gasteiger partial charge in [0.25, 0.3) is 0 Å². The molecule has 0 aliphatic carbocycles. The van der Waals surface area contributed by atoms with E-state index in [9.17, 15) is 0 Å². The van der Waals surface area contributed by atoms with Crippen molar-refractivity contribution in [1.82, 2.24) is 0 Å². The van der Waals surface area contributed by atoms with Crippen LogP contribution in [0.2, 0.25) is 0 Å². The fourth-order valence-corrected chi connectivity index (χ4v) is 1.80. The van der Waals surface area contributed by atoms with Gasteiger partial charge >= 0.3 is 0 Å². The van der Waals surface area contributed by atoms with Crippen LogP contribution in [0.1, 0.15) is 47.1 Å². The van der Waals surface area contributed by atoms with Crippen LogP contribution in [0.5, 0.6) is 0 Å². The second kappa shape index (κ2) is 19.7. The molecule has 0 unspecified atom stereocenters. The van der Waals surface area contributed by atoms with Gasteiger partial charge in [-0.25, -0.2) is 0 Å². The zero-order valence-corrected chi connectivity index (χ0v) is 17.2. The Morgan fingerprint density at radius 3 is 0.800 bits per heavy atom. The smallest absolute Gasteiger partial charge is 0.0184 e. The van der Waals surface area contributed by atoms with Gasteiger partial charge in [0.1, 0.15) is 0 Å². The summed E-state index contributed by atoms with van der Waals surface area (Å²) in [6, 6.07) is 31.0. The summed E-state index contributed by atoms with van der Waals surface area (Å²) in [5.41, 5.74) is 3.87. The molecular formula is C25H36. The van der Waals surface area contributed by atoms with E-state index in [1.165, 1.54) is 16.7 Å². The minimum absolute atomic E-state index is 1.28. The lowest BCUT2D eigenvalue weighted by molar-refractivity contribution is 1.48. The topological polar surface area (TPSA) is 0 Å². The molecule has 0 heteroatoms. The second-order valence-corrected chi connectivity index (χ2v) is 4.39. The van der Waals surface area contributed by atoms with Crippen molar-refractivity contribution in [2.75, 3.05) is 0 Å². The molecule has 0 amide bonds. The van der Waals surface area contributed by atoms with Gasteiger partial charge in [-0.05, 0) is 18.1 Å². The third kappa shape index (κ3) is 12.7. The fourth-order valence-electron chi connectivity index (χ4n) is 1.80. The van der Waals surface area contributed by atoms with E-state index in [1.54, 1.807) is 0 Å². The minimum Gasteiger partial charge on any atom is -0.0683 e. The molecule has 25 heavy (non-hydrogen) atoms. The first-order chi connectivity index (χ1) is 12.4. The molecule has 3 aromatic rings. The van der Waals surface area contributed by atoms with Crippen molar-refractivity contribution < 1.29 is 0 Å². The van der Waals surface area contributed by atoms with Gasteiger partial charge in [0, 0.05) is 0 Å². The molecule has 0 nitrogen and oxygen atoms in total. The number of hydrogen-bond donors (Lipinski definition) is 0. The predicted octanol–water partition coefficient (Wildman–Crippen LogP) is 8.43. The Morgan fingerprint density at radius 1 is 0.360 bits per heavy atom. The molecule has 0 atom stereocenters. The number of benzene rings is 3. The van der Waals surface area contributed by atoms with Crippen LogP contribution in [0.4, 0.5) is 0 Å². The van der Waals surface area contributed by atoms with Gasteiger partial charge < -0.3 is 0 Å². The highest BCUT2D eigenvalue weighted by atomic mass is 14.0. The average Bonchev–Trinajstić information content (AvgIpc) is 2.75. The van der Waals surface area contributed by atoms with Crippen LogP contribution in [-0.4, -0.2) is 0 Å². The molecule has 0 saturated heterocycles. The van der Waals surface area contributed by atoms with Crippen LogP contribution in [0, 0.1) is 6.92 Å².